The maximum absolute atomic E-state index is 12.8. The van der Waals surface area contributed by atoms with Crippen LogP contribution in [0.1, 0.15) is 273 Å². The maximum atomic E-state index is 12.8. The predicted molar refractivity (Wildman–Crippen MR) is 243 cm³/mol. The second-order valence-electron chi connectivity index (χ2n) is 18.4. The van der Waals surface area contributed by atoms with Gasteiger partial charge in [-0.05, 0) is 37.0 Å². The van der Waals surface area contributed by atoms with E-state index in [-0.39, 0.29) is 31.1 Å². The van der Waals surface area contributed by atoms with Crippen LogP contribution in [0.4, 0.5) is 0 Å². The van der Waals surface area contributed by atoms with Gasteiger partial charge in [-0.3, -0.25) is 14.4 Å². The van der Waals surface area contributed by atoms with E-state index in [1.807, 2.05) is 0 Å². The lowest BCUT2D eigenvalue weighted by Crippen LogP contribution is -2.30. The third kappa shape index (κ3) is 42.3. The summed E-state index contributed by atoms with van der Waals surface area (Å²) < 4.78 is 16.8. The summed E-state index contributed by atoms with van der Waals surface area (Å²) in [4.78, 5) is 37.9. The van der Waals surface area contributed by atoms with Gasteiger partial charge in [0.2, 0.25) is 0 Å². The van der Waals surface area contributed by atoms with Gasteiger partial charge in [-0.2, -0.15) is 0 Å². The van der Waals surface area contributed by atoms with E-state index in [1.54, 1.807) is 0 Å². The lowest BCUT2D eigenvalue weighted by molar-refractivity contribution is -0.167. The normalized spacial score (nSPS) is 13.1. The Hall–Kier alpha value is -1.59. The number of carbonyl (C=O) groups is 3. The zero-order valence-electron chi connectivity index (χ0n) is 39.1. The molecule has 0 aliphatic carbocycles. The van der Waals surface area contributed by atoms with Crippen molar-refractivity contribution in [1.29, 1.82) is 0 Å². The number of carbonyl (C=O) groups excluding carboxylic acids is 3. The summed E-state index contributed by atoms with van der Waals surface area (Å²) in [6.45, 7) is 13.7. The summed E-state index contributed by atoms with van der Waals surface area (Å²) in [5.74, 6) is 1.66. The summed E-state index contributed by atoms with van der Waals surface area (Å²) >= 11 is 0. The van der Waals surface area contributed by atoms with Gasteiger partial charge in [0.1, 0.15) is 13.2 Å². The fourth-order valence-electron chi connectivity index (χ4n) is 7.52. The Labute approximate surface area is 355 Å². The molecule has 57 heavy (non-hydrogen) atoms. The first-order valence-electron chi connectivity index (χ1n) is 25.2. The van der Waals surface area contributed by atoms with Crippen LogP contribution < -0.4 is 0 Å². The zero-order chi connectivity index (χ0) is 42.0. The van der Waals surface area contributed by atoms with Crippen molar-refractivity contribution in [3.63, 3.8) is 0 Å². The standard InChI is InChI=1S/C51H98O6/c1-7-46(5)38-32-26-20-16-13-14-17-21-28-34-40-49(52)55-43-48(44-56-50(53)41-35-29-24-23-27-33-39-47(6)8-2)57-51(54)42-36-30-22-18-12-10-9-11-15-19-25-31-37-45(3)4/h45-48H,7-44H2,1-6H3/t46?,47?,48-/m1/s1. The Balaban J connectivity index is 4.33. The average Bonchev–Trinajstić information content (AvgIpc) is 3.19. The highest BCUT2D eigenvalue weighted by molar-refractivity contribution is 5.71. The molecule has 0 bridgehead atoms. The Morgan fingerprint density at radius 3 is 0.912 bits per heavy atom. The smallest absolute Gasteiger partial charge is 0.306 e. The van der Waals surface area contributed by atoms with Crippen LogP contribution in [-0.4, -0.2) is 37.2 Å². The number of unbranched alkanes of at least 4 members (excludes halogenated alkanes) is 25. The highest BCUT2D eigenvalue weighted by Gasteiger charge is 2.19. The molecule has 0 N–H and O–H groups in total. The number of esters is 3. The van der Waals surface area contributed by atoms with Gasteiger partial charge in [-0.25, -0.2) is 0 Å². The van der Waals surface area contributed by atoms with Crippen LogP contribution in [-0.2, 0) is 28.6 Å². The maximum Gasteiger partial charge on any atom is 0.306 e. The van der Waals surface area contributed by atoms with Crippen LogP contribution in [0.15, 0.2) is 0 Å². The quantitative estimate of drug-likeness (QED) is 0.0347. The fourth-order valence-corrected chi connectivity index (χ4v) is 7.52. The van der Waals surface area contributed by atoms with Crippen molar-refractivity contribution in [3.05, 3.63) is 0 Å². The topological polar surface area (TPSA) is 78.9 Å². The summed E-state index contributed by atoms with van der Waals surface area (Å²) in [5.41, 5.74) is 0. The lowest BCUT2D eigenvalue weighted by Gasteiger charge is -2.18. The second-order valence-corrected chi connectivity index (χ2v) is 18.4. The Morgan fingerprint density at radius 1 is 0.351 bits per heavy atom. The third-order valence-electron chi connectivity index (χ3n) is 12.1. The number of ether oxygens (including phenoxy) is 3. The average molecular weight is 807 g/mol. The highest BCUT2D eigenvalue weighted by atomic mass is 16.6. The largest absolute Gasteiger partial charge is 0.462 e. The Kier molecular flexibility index (Phi) is 41.3. The minimum Gasteiger partial charge on any atom is -0.462 e. The minimum atomic E-state index is -0.763. The van der Waals surface area contributed by atoms with Crippen molar-refractivity contribution in [1.82, 2.24) is 0 Å². The molecule has 0 amide bonds. The van der Waals surface area contributed by atoms with Gasteiger partial charge in [0.15, 0.2) is 6.10 Å². The molecule has 0 aromatic heterocycles. The van der Waals surface area contributed by atoms with Crippen LogP contribution >= 0.6 is 0 Å². The van der Waals surface area contributed by atoms with E-state index in [0.29, 0.717) is 19.3 Å². The fraction of sp³-hybridized carbons (Fsp3) is 0.941. The molecule has 0 aromatic rings. The molecule has 6 heteroatoms. The molecule has 0 saturated carbocycles. The number of rotatable bonds is 44. The molecule has 6 nitrogen and oxygen atoms in total. The molecule has 0 aromatic carbocycles. The number of hydrogen-bond acceptors (Lipinski definition) is 6. The zero-order valence-corrected chi connectivity index (χ0v) is 39.1. The van der Waals surface area contributed by atoms with Crippen LogP contribution in [0.25, 0.3) is 0 Å². The van der Waals surface area contributed by atoms with E-state index in [9.17, 15) is 14.4 Å². The summed E-state index contributed by atoms with van der Waals surface area (Å²) in [5, 5.41) is 0. The van der Waals surface area contributed by atoms with Crippen molar-refractivity contribution in [3.8, 4) is 0 Å². The highest BCUT2D eigenvalue weighted by Crippen LogP contribution is 2.18. The monoisotopic (exact) mass is 807 g/mol. The van der Waals surface area contributed by atoms with Crippen LogP contribution in [0, 0.1) is 17.8 Å². The first kappa shape index (κ1) is 55.4. The van der Waals surface area contributed by atoms with Crippen molar-refractivity contribution < 1.29 is 28.6 Å². The van der Waals surface area contributed by atoms with E-state index < -0.39 is 6.10 Å². The summed E-state index contributed by atoms with van der Waals surface area (Å²) in [6.07, 6.45) is 40.8. The molecule has 0 aliphatic heterocycles. The molecule has 338 valence electrons. The molecule has 0 saturated heterocycles. The van der Waals surface area contributed by atoms with Crippen LogP contribution in [0.2, 0.25) is 0 Å². The van der Waals surface area contributed by atoms with Crippen molar-refractivity contribution in [2.45, 2.75) is 279 Å². The molecule has 3 atom stereocenters. The van der Waals surface area contributed by atoms with Gasteiger partial charge in [0, 0.05) is 19.3 Å². The Morgan fingerprint density at radius 2 is 0.614 bits per heavy atom. The molecule has 0 radical (unpaired) electrons. The van der Waals surface area contributed by atoms with E-state index >= 15 is 0 Å². The van der Waals surface area contributed by atoms with Crippen molar-refractivity contribution in [2.75, 3.05) is 13.2 Å². The molecular formula is C51H98O6. The van der Waals surface area contributed by atoms with Gasteiger partial charge in [-0.15, -0.1) is 0 Å². The summed E-state index contributed by atoms with van der Waals surface area (Å²) in [6, 6.07) is 0. The SMILES string of the molecule is CCC(C)CCCCCCCCCCCCC(=O)OC[C@H](COC(=O)CCCCCCCCC(C)CC)OC(=O)CCCCCCCCCCCCCCC(C)C. The van der Waals surface area contributed by atoms with E-state index in [2.05, 4.69) is 41.5 Å². The minimum absolute atomic E-state index is 0.0657. The van der Waals surface area contributed by atoms with Gasteiger partial charge >= 0.3 is 17.9 Å². The molecule has 0 rings (SSSR count). The van der Waals surface area contributed by atoms with Gasteiger partial charge < -0.3 is 14.2 Å². The van der Waals surface area contributed by atoms with E-state index in [0.717, 1.165) is 75.5 Å². The van der Waals surface area contributed by atoms with Crippen LogP contribution in [0.5, 0.6) is 0 Å². The second kappa shape index (κ2) is 42.5. The molecule has 0 spiro atoms. The van der Waals surface area contributed by atoms with Gasteiger partial charge in [-0.1, -0.05) is 234 Å². The summed E-state index contributed by atoms with van der Waals surface area (Å²) in [7, 11) is 0. The van der Waals surface area contributed by atoms with E-state index in [1.165, 1.54) is 154 Å². The number of hydrogen-bond donors (Lipinski definition) is 0. The first-order valence-corrected chi connectivity index (χ1v) is 25.2. The third-order valence-corrected chi connectivity index (χ3v) is 12.1. The predicted octanol–water partition coefficient (Wildman–Crippen LogP) is 16.0. The molecule has 2 unspecified atom stereocenters. The van der Waals surface area contributed by atoms with E-state index in [4.69, 9.17) is 14.2 Å². The molecule has 0 fully saturated rings. The van der Waals surface area contributed by atoms with Gasteiger partial charge in [0.05, 0.1) is 0 Å². The molecule has 0 aliphatic rings. The van der Waals surface area contributed by atoms with Crippen molar-refractivity contribution >= 4 is 17.9 Å². The molecular weight excluding hydrogens is 709 g/mol. The molecule has 0 heterocycles. The van der Waals surface area contributed by atoms with Crippen molar-refractivity contribution in [2.24, 2.45) is 17.8 Å². The first-order chi connectivity index (χ1) is 27.7. The van der Waals surface area contributed by atoms with Gasteiger partial charge in [0.25, 0.3) is 0 Å². The lowest BCUT2D eigenvalue weighted by atomic mass is 9.99. The Bertz CT molecular complexity index is 887. The van der Waals surface area contributed by atoms with Crippen LogP contribution in [0.3, 0.4) is 0 Å².